The summed E-state index contributed by atoms with van der Waals surface area (Å²) in [7, 11) is 1.85. The Morgan fingerprint density at radius 3 is 2.59 bits per heavy atom. The molecule has 4 aromatic rings. The molecule has 0 unspecified atom stereocenters. The number of nitrogens with zero attached hydrogens (tertiary/aromatic N) is 5. The highest BCUT2D eigenvalue weighted by atomic mass is 32.1. The number of rotatable bonds is 8. The van der Waals surface area contributed by atoms with Crippen molar-refractivity contribution in [3.8, 4) is 17.3 Å². The van der Waals surface area contributed by atoms with Crippen molar-refractivity contribution < 1.29 is 14.3 Å². The Labute approximate surface area is 216 Å². The number of pyridine rings is 1. The van der Waals surface area contributed by atoms with Crippen molar-refractivity contribution in [2.24, 2.45) is 11.5 Å². The number of fused-ring (bicyclic) bond motifs is 1. The first kappa shape index (κ1) is 25.4. The van der Waals surface area contributed by atoms with Gasteiger partial charge in [0.15, 0.2) is 5.13 Å². The number of aromatic nitrogens is 3. The zero-order valence-electron chi connectivity index (χ0n) is 20.1. The average molecular weight is 518 g/mol. The number of halogens is 1. The molecule has 0 bridgehead atoms. The van der Waals surface area contributed by atoms with Gasteiger partial charge in [-0.3, -0.25) is 9.20 Å². The zero-order valence-corrected chi connectivity index (χ0v) is 21.0. The molecule has 0 aliphatic rings. The van der Waals surface area contributed by atoms with Crippen LogP contribution in [0.25, 0.3) is 22.6 Å². The number of nitriles is 1. The summed E-state index contributed by atoms with van der Waals surface area (Å²) in [6, 6.07) is 11.7. The summed E-state index contributed by atoms with van der Waals surface area (Å²) < 4.78 is 15.3. The maximum Gasteiger partial charge on any atom is 0.309 e. The summed E-state index contributed by atoms with van der Waals surface area (Å²) in [5.41, 5.74) is 15.9. The molecule has 0 aliphatic heterocycles. The van der Waals surface area contributed by atoms with Crippen LogP contribution in [0.4, 0.5) is 15.3 Å². The molecule has 0 aliphatic carbocycles. The molecule has 0 saturated heterocycles. The predicted octanol–water partition coefficient (Wildman–Crippen LogP) is 4.42. The summed E-state index contributed by atoms with van der Waals surface area (Å²) in [5, 5.41) is 19.2. The number of carboxylic acid groups (broad SMARTS) is 1. The molecule has 3 aromatic heterocycles. The second kappa shape index (κ2) is 10.5. The minimum absolute atomic E-state index is 0.182. The van der Waals surface area contributed by atoms with Crippen molar-refractivity contribution in [1.29, 1.82) is 5.26 Å². The smallest absolute Gasteiger partial charge is 0.309 e. The van der Waals surface area contributed by atoms with Crippen LogP contribution in [-0.2, 0) is 11.2 Å². The van der Waals surface area contributed by atoms with E-state index in [2.05, 4.69) is 6.07 Å². The number of imidazole rings is 1. The first-order valence-corrected chi connectivity index (χ1v) is 12.1. The third kappa shape index (κ3) is 5.29. The number of aliphatic carboxylic acids is 1. The standard InChI is InChI=1S/C26H24FN7O2S/c1-3-20-25(33(2)26-32-24(21(13-28)37-26)15-4-7-17(27)8-5-15)34-14-16(6-11-22(34)31-20)19(30)10-9-18(29)12-23(35)36/h4-11,14H,3,12,29-30H2,1-2H3,(H,35,36)/b18-9-,19-10-. The van der Waals surface area contributed by atoms with E-state index in [4.69, 9.17) is 26.5 Å². The van der Waals surface area contributed by atoms with Crippen LogP contribution in [0.2, 0.25) is 0 Å². The number of benzene rings is 1. The summed E-state index contributed by atoms with van der Waals surface area (Å²) in [6.45, 7) is 2.00. The maximum atomic E-state index is 13.4. The Morgan fingerprint density at radius 1 is 1.22 bits per heavy atom. The number of aryl methyl sites for hydroxylation is 1. The number of allylic oxidation sites excluding steroid dienone is 2. The maximum absolute atomic E-state index is 13.4. The monoisotopic (exact) mass is 517 g/mol. The molecule has 0 fully saturated rings. The van der Waals surface area contributed by atoms with Crippen LogP contribution in [0.5, 0.6) is 0 Å². The van der Waals surface area contributed by atoms with Gasteiger partial charge in [0.25, 0.3) is 0 Å². The van der Waals surface area contributed by atoms with Gasteiger partial charge in [-0.25, -0.2) is 14.4 Å². The summed E-state index contributed by atoms with van der Waals surface area (Å²) in [6.07, 6.45) is 5.24. The van der Waals surface area contributed by atoms with E-state index in [0.29, 0.717) is 44.6 Å². The first-order chi connectivity index (χ1) is 17.7. The van der Waals surface area contributed by atoms with Gasteiger partial charge in [-0.15, -0.1) is 0 Å². The number of hydrogen-bond acceptors (Lipinski definition) is 8. The number of carboxylic acids is 1. The van der Waals surface area contributed by atoms with Gasteiger partial charge in [-0.2, -0.15) is 5.26 Å². The summed E-state index contributed by atoms with van der Waals surface area (Å²) in [4.78, 5) is 22.6. The number of hydrogen-bond donors (Lipinski definition) is 3. The third-order valence-electron chi connectivity index (χ3n) is 5.60. The molecule has 11 heteroatoms. The lowest BCUT2D eigenvalue weighted by molar-refractivity contribution is -0.136. The molecule has 9 nitrogen and oxygen atoms in total. The second-order valence-electron chi connectivity index (χ2n) is 8.17. The molecule has 4 rings (SSSR count). The summed E-state index contributed by atoms with van der Waals surface area (Å²) in [5.74, 6) is -0.626. The second-order valence-corrected chi connectivity index (χ2v) is 9.15. The Balaban J connectivity index is 1.76. The van der Waals surface area contributed by atoms with E-state index in [1.54, 1.807) is 18.2 Å². The highest BCUT2D eigenvalue weighted by Crippen LogP contribution is 2.37. The highest BCUT2D eigenvalue weighted by Gasteiger charge is 2.22. The Kier molecular flexibility index (Phi) is 7.22. The lowest BCUT2D eigenvalue weighted by Gasteiger charge is -2.17. The third-order valence-corrected chi connectivity index (χ3v) is 6.64. The minimum Gasteiger partial charge on any atom is -0.481 e. The normalized spacial score (nSPS) is 12.1. The van der Waals surface area contributed by atoms with Crippen LogP contribution in [0.15, 0.2) is 60.4 Å². The van der Waals surface area contributed by atoms with E-state index in [1.807, 2.05) is 41.6 Å². The molecule has 1 aromatic carbocycles. The molecule has 3 heterocycles. The van der Waals surface area contributed by atoms with Gasteiger partial charge in [-0.1, -0.05) is 18.3 Å². The number of nitrogens with two attached hydrogens (primary N) is 2. The van der Waals surface area contributed by atoms with Gasteiger partial charge in [-0.05, 0) is 55.0 Å². The van der Waals surface area contributed by atoms with Gasteiger partial charge in [0.05, 0.1) is 12.1 Å². The van der Waals surface area contributed by atoms with Crippen LogP contribution < -0.4 is 16.4 Å². The van der Waals surface area contributed by atoms with Crippen molar-refractivity contribution in [3.05, 3.63) is 82.4 Å². The minimum atomic E-state index is -1.02. The van der Waals surface area contributed by atoms with Crippen LogP contribution in [0, 0.1) is 17.1 Å². The summed E-state index contributed by atoms with van der Waals surface area (Å²) >= 11 is 1.23. The zero-order chi connectivity index (χ0) is 26.7. The van der Waals surface area contributed by atoms with E-state index in [0.717, 1.165) is 11.5 Å². The predicted molar refractivity (Wildman–Crippen MR) is 142 cm³/mol. The largest absolute Gasteiger partial charge is 0.481 e. The van der Waals surface area contributed by atoms with Gasteiger partial charge in [0, 0.05) is 35.8 Å². The number of carbonyl (C=O) groups is 1. The van der Waals surface area contributed by atoms with Crippen LogP contribution >= 0.6 is 11.3 Å². The fourth-order valence-corrected chi connectivity index (χ4v) is 4.64. The van der Waals surface area contributed by atoms with E-state index >= 15 is 0 Å². The molecule has 0 saturated carbocycles. The molecule has 5 N–H and O–H groups in total. The van der Waals surface area contributed by atoms with Crippen molar-refractivity contribution in [2.75, 3.05) is 11.9 Å². The van der Waals surface area contributed by atoms with Crippen molar-refractivity contribution in [3.63, 3.8) is 0 Å². The lowest BCUT2D eigenvalue weighted by atomic mass is 10.1. The lowest BCUT2D eigenvalue weighted by Crippen LogP contribution is -2.13. The van der Waals surface area contributed by atoms with E-state index in [1.165, 1.54) is 29.5 Å². The number of thiazole rings is 1. The molecule has 0 radical (unpaired) electrons. The van der Waals surface area contributed by atoms with Crippen LogP contribution in [0.3, 0.4) is 0 Å². The van der Waals surface area contributed by atoms with Gasteiger partial charge in [0.1, 0.15) is 33.9 Å². The fraction of sp³-hybridized carbons (Fsp3) is 0.154. The Hall–Kier alpha value is -4.69. The fourth-order valence-electron chi connectivity index (χ4n) is 3.79. The topological polar surface area (TPSA) is 147 Å². The molecular weight excluding hydrogens is 493 g/mol. The van der Waals surface area contributed by atoms with Crippen molar-refractivity contribution in [1.82, 2.24) is 14.4 Å². The van der Waals surface area contributed by atoms with E-state index in [-0.39, 0.29) is 17.9 Å². The highest BCUT2D eigenvalue weighted by molar-refractivity contribution is 7.16. The van der Waals surface area contributed by atoms with Crippen LogP contribution in [0.1, 0.15) is 29.5 Å². The number of anilines is 2. The van der Waals surface area contributed by atoms with Gasteiger partial charge in [0.2, 0.25) is 0 Å². The molecule has 37 heavy (non-hydrogen) atoms. The average Bonchev–Trinajstić information content (AvgIpc) is 3.48. The van der Waals surface area contributed by atoms with E-state index < -0.39 is 5.97 Å². The van der Waals surface area contributed by atoms with Crippen molar-refractivity contribution in [2.45, 2.75) is 19.8 Å². The Bertz CT molecular complexity index is 1580. The molecule has 0 atom stereocenters. The molecule has 0 spiro atoms. The molecular formula is C26H24FN7O2S. The quantitative estimate of drug-likeness (QED) is 0.291. The molecule has 188 valence electrons. The van der Waals surface area contributed by atoms with Crippen molar-refractivity contribution >= 4 is 39.6 Å². The molecule has 0 amide bonds. The first-order valence-electron chi connectivity index (χ1n) is 11.3. The SMILES string of the molecule is CCc1nc2ccc(/C(N)=C/C=C(\N)CC(=O)O)cn2c1N(C)c1nc(-c2ccc(F)cc2)c(C#N)s1. The van der Waals surface area contributed by atoms with Gasteiger partial charge >= 0.3 is 5.97 Å². The van der Waals surface area contributed by atoms with Crippen LogP contribution in [-0.4, -0.2) is 32.5 Å². The Morgan fingerprint density at radius 2 is 1.95 bits per heavy atom. The van der Waals surface area contributed by atoms with Gasteiger partial charge < -0.3 is 21.5 Å². The van der Waals surface area contributed by atoms with E-state index in [9.17, 15) is 14.4 Å².